The molecule has 1 aromatic rings. The molecule has 0 radical (unpaired) electrons. The number of benzene rings is 1. The number of carboxylic acid groups (broad SMARTS) is 1. The van der Waals surface area contributed by atoms with Gasteiger partial charge in [-0.3, -0.25) is 9.59 Å². The van der Waals surface area contributed by atoms with Crippen LogP contribution >= 0.6 is 0 Å². The van der Waals surface area contributed by atoms with Gasteiger partial charge in [0.2, 0.25) is 5.91 Å². The van der Waals surface area contributed by atoms with E-state index in [9.17, 15) is 18.4 Å². The maximum absolute atomic E-state index is 13.0. The average Bonchev–Trinajstić information content (AvgIpc) is 2.24. The van der Waals surface area contributed by atoms with E-state index >= 15 is 0 Å². The van der Waals surface area contributed by atoms with Gasteiger partial charge in [0.15, 0.2) is 0 Å². The predicted molar refractivity (Wildman–Crippen MR) is 66.9 cm³/mol. The van der Waals surface area contributed by atoms with E-state index in [-0.39, 0.29) is 12.5 Å². The highest BCUT2D eigenvalue weighted by Gasteiger charge is 2.41. The second-order valence-electron chi connectivity index (χ2n) is 4.95. The lowest BCUT2D eigenvalue weighted by Crippen LogP contribution is -2.44. The number of carbonyl (C=O) groups is 2. The zero-order chi connectivity index (χ0) is 14.7. The van der Waals surface area contributed by atoms with Crippen LogP contribution in [0.4, 0.5) is 8.78 Å². The Morgan fingerprint density at radius 3 is 2.25 bits per heavy atom. The van der Waals surface area contributed by atoms with Gasteiger partial charge in [0.1, 0.15) is 11.6 Å². The quantitative estimate of drug-likeness (QED) is 0.865. The number of rotatable bonds is 5. The van der Waals surface area contributed by atoms with Crippen LogP contribution < -0.4 is 5.32 Å². The third kappa shape index (κ3) is 3.31. The molecule has 0 aromatic heterocycles. The first-order valence-corrected chi connectivity index (χ1v) is 6.43. The number of carbonyl (C=O) groups excluding carboxylic acids is 1. The van der Waals surface area contributed by atoms with Gasteiger partial charge in [-0.15, -0.1) is 0 Å². The molecule has 108 valence electrons. The summed E-state index contributed by atoms with van der Waals surface area (Å²) in [5.41, 5.74) is 0.450. The number of hydrogen-bond acceptors (Lipinski definition) is 2. The molecule has 1 fully saturated rings. The highest BCUT2D eigenvalue weighted by molar-refractivity contribution is 5.86. The first-order chi connectivity index (χ1) is 9.47. The molecule has 2 atom stereocenters. The van der Waals surface area contributed by atoms with Crippen LogP contribution in [0.5, 0.6) is 0 Å². The van der Waals surface area contributed by atoms with E-state index < -0.39 is 29.4 Å². The van der Waals surface area contributed by atoms with Crippen molar-refractivity contribution in [3.8, 4) is 0 Å². The van der Waals surface area contributed by atoms with Gasteiger partial charge < -0.3 is 10.4 Å². The van der Waals surface area contributed by atoms with E-state index in [1.165, 1.54) is 12.1 Å². The van der Waals surface area contributed by atoms with E-state index in [2.05, 4.69) is 5.32 Å². The van der Waals surface area contributed by atoms with Crippen LogP contribution in [0.2, 0.25) is 0 Å². The van der Waals surface area contributed by atoms with E-state index in [1.54, 1.807) is 0 Å². The largest absolute Gasteiger partial charge is 0.481 e. The summed E-state index contributed by atoms with van der Waals surface area (Å²) in [5.74, 6) is -3.67. The Morgan fingerprint density at radius 1 is 1.15 bits per heavy atom. The summed E-state index contributed by atoms with van der Waals surface area (Å²) in [7, 11) is 0. The molecule has 0 spiro atoms. The van der Waals surface area contributed by atoms with Crippen molar-refractivity contribution < 1.29 is 23.5 Å². The third-order valence-corrected chi connectivity index (χ3v) is 3.56. The second-order valence-corrected chi connectivity index (χ2v) is 4.95. The number of amides is 1. The van der Waals surface area contributed by atoms with Gasteiger partial charge in [0.25, 0.3) is 0 Å². The number of carboxylic acids is 1. The van der Waals surface area contributed by atoms with Crippen molar-refractivity contribution in [1.82, 2.24) is 5.32 Å². The molecule has 1 aliphatic carbocycles. The van der Waals surface area contributed by atoms with Crippen molar-refractivity contribution in [3.05, 3.63) is 35.4 Å². The monoisotopic (exact) mass is 283 g/mol. The molecule has 20 heavy (non-hydrogen) atoms. The zero-order valence-electron chi connectivity index (χ0n) is 10.7. The van der Waals surface area contributed by atoms with Crippen molar-refractivity contribution >= 4 is 11.9 Å². The highest BCUT2D eigenvalue weighted by atomic mass is 19.1. The number of nitrogens with one attached hydrogen (secondary N) is 1. The summed E-state index contributed by atoms with van der Waals surface area (Å²) in [4.78, 5) is 22.5. The molecule has 0 aliphatic heterocycles. The zero-order valence-corrected chi connectivity index (χ0v) is 10.7. The first-order valence-electron chi connectivity index (χ1n) is 6.43. The summed E-state index contributed by atoms with van der Waals surface area (Å²) in [6.45, 7) is 0.227. The fraction of sp³-hybridized carbons (Fsp3) is 0.429. The summed E-state index contributed by atoms with van der Waals surface area (Å²) < 4.78 is 25.9. The molecule has 1 saturated carbocycles. The van der Waals surface area contributed by atoms with Crippen LogP contribution in [-0.4, -0.2) is 23.5 Å². The average molecular weight is 283 g/mol. The van der Waals surface area contributed by atoms with Gasteiger partial charge in [-0.25, -0.2) is 8.78 Å². The van der Waals surface area contributed by atoms with Gasteiger partial charge in [-0.2, -0.15) is 0 Å². The summed E-state index contributed by atoms with van der Waals surface area (Å²) >= 11 is 0. The van der Waals surface area contributed by atoms with E-state index in [0.29, 0.717) is 24.8 Å². The van der Waals surface area contributed by atoms with E-state index in [4.69, 9.17) is 5.11 Å². The molecule has 0 saturated heterocycles. The van der Waals surface area contributed by atoms with Crippen LogP contribution in [0.25, 0.3) is 0 Å². The van der Waals surface area contributed by atoms with Crippen LogP contribution in [0.15, 0.2) is 18.2 Å². The van der Waals surface area contributed by atoms with Gasteiger partial charge in [-0.1, -0.05) is 0 Å². The van der Waals surface area contributed by atoms with Crippen LogP contribution in [-0.2, 0) is 16.0 Å². The summed E-state index contributed by atoms with van der Waals surface area (Å²) in [6.07, 6.45) is 1.38. The Labute approximate surface area is 114 Å². The molecule has 2 rings (SSSR count). The third-order valence-electron chi connectivity index (χ3n) is 3.56. The maximum Gasteiger partial charge on any atom is 0.307 e. The van der Waals surface area contributed by atoms with Crippen molar-refractivity contribution in [3.63, 3.8) is 0 Å². The SMILES string of the molecule is O=C(O)C1CCC1C(=O)NCCc1cc(F)cc(F)c1. The Balaban J connectivity index is 1.81. The minimum absolute atomic E-state index is 0.227. The molecule has 2 N–H and O–H groups in total. The van der Waals surface area contributed by atoms with Crippen LogP contribution in [0, 0.1) is 23.5 Å². The van der Waals surface area contributed by atoms with E-state index in [0.717, 1.165) is 6.07 Å². The smallest absolute Gasteiger partial charge is 0.307 e. The number of hydrogen-bond donors (Lipinski definition) is 2. The lowest BCUT2D eigenvalue weighted by atomic mass is 9.73. The molecular formula is C14H15F2NO3. The summed E-state index contributed by atoms with van der Waals surface area (Å²) in [5, 5.41) is 11.5. The number of halogens is 2. The fourth-order valence-electron chi connectivity index (χ4n) is 2.33. The van der Waals surface area contributed by atoms with Crippen LogP contribution in [0.3, 0.4) is 0 Å². The normalized spacial score (nSPS) is 21.1. The Morgan fingerprint density at radius 2 is 1.75 bits per heavy atom. The van der Waals surface area contributed by atoms with Gasteiger partial charge in [0.05, 0.1) is 11.8 Å². The Kier molecular flexibility index (Phi) is 4.32. The lowest BCUT2D eigenvalue weighted by molar-refractivity contribution is -0.152. The van der Waals surface area contributed by atoms with Crippen LogP contribution in [0.1, 0.15) is 18.4 Å². The minimum Gasteiger partial charge on any atom is -0.481 e. The fourth-order valence-corrected chi connectivity index (χ4v) is 2.33. The van der Waals surface area contributed by atoms with Gasteiger partial charge in [-0.05, 0) is 37.0 Å². The Hall–Kier alpha value is -1.98. The molecule has 0 heterocycles. The van der Waals surface area contributed by atoms with Crippen molar-refractivity contribution in [2.45, 2.75) is 19.3 Å². The molecule has 1 amide bonds. The maximum atomic E-state index is 13.0. The van der Waals surface area contributed by atoms with Crippen molar-refractivity contribution in [2.75, 3.05) is 6.54 Å². The predicted octanol–water partition coefficient (Wildman–Crippen LogP) is 1.73. The Bertz CT molecular complexity index is 513. The van der Waals surface area contributed by atoms with Gasteiger partial charge in [0, 0.05) is 12.6 Å². The molecule has 4 nitrogen and oxygen atoms in total. The van der Waals surface area contributed by atoms with Crippen molar-refractivity contribution in [1.29, 1.82) is 0 Å². The van der Waals surface area contributed by atoms with Crippen molar-refractivity contribution in [2.24, 2.45) is 11.8 Å². The molecular weight excluding hydrogens is 268 g/mol. The van der Waals surface area contributed by atoms with Gasteiger partial charge >= 0.3 is 5.97 Å². The minimum atomic E-state index is -0.955. The first kappa shape index (κ1) is 14.4. The second kappa shape index (κ2) is 5.98. The standard InChI is InChI=1S/C14H15F2NO3/c15-9-5-8(6-10(16)7-9)3-4-17-13(18)11-1-2-12(11)14(19)20/h5-7,11-12H,1-4H2,(H,17,18)(H,19,20). The number of aliphatic carboxylic acids is 1. The lowest BCUT2D eigenvalue weighted by Gasteiger charge is -2.31. The highest BCUT2D eigenvalue weighted by Crippen LogP contribution is 2.34. The topological polar surface area (TPSA) is 66.4 Å². The molecule has 1 aromatic carbocycles. The molecule has 1 aliphatic rings. The molecule has 2 unspecified atom stereocenters. The van der Waals surface area contributed by atoms with E-state index in [1.807, 2.05) is 0 Å². The molecule has 6 heteroatoms. The summed E-state index contributed by atoms with van der Waals surface area (Å²) in [6, 6.07) is 3.20. The molecule has 0 bridgehead atoms.